The van der Waals surface area contributed by atoms with Gasteiger partial charge in [0.1, 0.15) is 0 Å². The van der Waals surface area contributed by atoms with Gasteiger partial charge in [-0.15, -0.1) is 12.4 Å². The number of Topliss-reactive ketones (excluding diaryl/α,β-unsaturated/α-hetero) is 3. The molecule has 0 amide bonds. The molecule has 0 saturated carbocycles. The van der Waals surface area contributed by atoms with E-state index in [-0.39, 0.29) is 41.3 Å². The van der Waals surface area contributed by atoms with Gasteiger partial charge >= 0.3 is 0 Å². The molecule has 0 spiro atoms. The zero-order valence-electron chi connectivity index (χ0n) is 16.3. The molecular formula is C23H22ClN3O3. The average Bonchev–Trinajstić information content (AvgIpc) is 3.14. The number of nitrogens with two attached hydrogens (primary N) is 2. The van der Waals surface area contributed by atoms with E-state index in [1.54, 1.807) is 24.3 Å². The fourth-order valence-corrected chi connectivity index (χ4v) is 3.90. The number of fused-ring (bicyclic) bond motifs is 2. The highest BCUT2D eigenvalue weighted by molar-refractivity contribution is 6.28. The van der Waals surface area contributed by atoms with Crippen molar-refractivity contribution in [2.24, 2.45) is 11.5 Å². The number of ketones is 3. The number of aromatic nitrogens is 1. The largest absolute Gasteiger partial charge is 0.361 e. The molecule has 154 valence electrons. The number of halogens is 1. The van der Waals surface area contributed by atoms with Crippen LogP contribution in [0.1, 0.15) is 33.2 Å². The van der Waals surface area contributed by atoms with Crippen molar-refractivity contribution in [3.05, 3.63) is 82.6 Å². The molecule has 5 N–H and O–H groups in total. The molecule has 3 aromatic rings. The van der Waals surface area contributed by atoms with E-state index in [4.69, 9.17) is 11.5 Å². The first kappa shape index (κ1) is 21.6. The van der Waals surface area contributed by atoms with E-state index < -0.39 is 23.7 Å². The number of benzene rings is 2. The van der Waals surface area contributed by atoms with Crippen molar-refractivity contribution in [3.8, 4) is 0 Å². The molecule has 7 heteroatoms. The molecule has 0 radical (unpaired) electrons. The van der Waals surface area contributed by atoms with E-state index in [2.05, 4.69) is 4.98 Å². The van der Waals surface area contributed by atoms with Gasteiger partial charge in [0.05, 0.1) is 12.1 Å². The summed E-state index contributed by atoms with van der Waals surface area (Å²) >= 11 is 0. The molecule has 4 rings (SSSR count). The first-order valence-electron chi connectivity index (χ1n) is 9.39. The van der Waals surface area contributed by atoms with Crippen molar-refractivity contribution in [1.82, 2.24) is 4.98 Å². The number of carbonyl (C=O) groups excluding carboxylic acids is 3. The smallest absolute Gasteiger partial charge is 0.192 e. The maximum atomic E-state index is 13.0. The van der Waals surface area contributed by atoms with Crippen LogP contribution in [0, 0.1) is 0 Å². The van der Waals surface area contributed by atoms with Gasteiger partial charge in [-0.1, -0.05) is 42.5 Å². The zero-order chi connectivity index (χ0) is 20.7. The van der Waals surface area contributed by atoms with Gasteiger partial charge in [0, 0.05) is 39.4 Å². The fraction of sp³-hybridized carbons (Fsp3) is 0.174. The van der Waals surface area contributed by atoms with Gasteiger partial charge in [0.2, 0.25) is 0 Å². The number of hydrogen-bond donors (Lipinski definition) is 3. The molecule has 1 heterocycles. The van der Waals surface area contributed by atoms with Crippen LogP contribution in [-0.4, -0.2) is 34.4 Å². The van der Waals surface area contributed by atoms with E-state index in [9.17, 15) is 14.4 Å². The molecule has 2 atom stereocenters. The van der Waals surface area contributed by atoms with Crippen LogP contribution in [0.5, 0.6) is 0 Å². The Balaban J connectivity index is 0.00000256. The highest BCUT2D eigenvalue weighted by Crippen LogP contribution is 2.28. The van der Waals surface area contributed by atoms with Crippen molar-refractivity contribution in [3.63, 3.8) is 0 Å². The van der Waals surface area contributed by atoms with Crippen molar-refractivity contribution >= 4 is 40.7 Å². The summed E-state index contributed by atoms with van der Waals surface area (Å²) < 4.78 is 0. The number of carbonyl (C=O) groups is 3. The summed E-state index contributed by atoms with van der Waals surface area (Å²) in [5, 5.41) is 0.984. The molecule has 2 aromatic carbocycles. The van der Waals surface area contributed by atoms with Gasteiger partial charge in [-0.3, -0.25) is 14.4 Å². The summed E-state index contributed by atoms with van der Waals surface area (Å²) in [6, 6.07) is 12.1. The summed E-state index contributed by atoms with van der Waals surface area (Å²) in [6.07, 6.45) is 2.10. The van der Waals surface area contributed by atoms with Crippen LogP contribution >= 0.6 is 12.4 Å². The fourth-order valence-electron chi connectivity index (χ4n) is 3.90. The summed E-state index contributed by atoms with van der Waals surface area (Å²) in [4.78, 5) is 41.7. The number of H-pyrrole nitrogens is 1. The third kappa shape index (κ3) is 3.50. The Labute approximate surface area is 179 Å². The molecule has 1 aliphatic carbocycles. The maximum Gasteiger partial charge on any atom is 0.192 e. The molecule has 0 bridgehead atoms. The Morgan fingerprint density at radius 2 is 1.57 bits per heavy atom. The number of allylic oxidation sites excluding steroid dienone is 1. The molecule has 0 fully saturated rings. The normalized spacial score (nSPS) is 15.6. The molecule has 0 aliphatic heterocycles. The van der Waals surface area contributed by atoms with Crippen LogP contribution in [0.25, 0.3) is 10.9 Å². The van der Waals surface area contributed by atoms with Gasteiger partial charge in [-0.05, 0) is 25.0 Å². The molecule has 1 aliphatic rings. The van der Waals surface area contributed by atoms with Crippen molar-refractivity contribution in [2.75, 3.05) is 0 Å². The van der Waals surface area contributed by atoms with Crippen LogP contribution in [0.3, 0.4) is 0 Å². The highest BCUT2D eigenvalue weighted by atomic mass is 35.5. The van der Waals surface area contributed by atoms with Crippen LogP contribution in [0.2, 0.25) is 0 Å². The Morgan fingerprint density at radius 3 is 2.27 bits per heavy atom. The first-order chi connectivity index (χ1) is 13.9. The lowest BCUT2D eigenvalue weighted by Crippen LogP contribution is -2.48. The van der Waals surface area contributed by atoms with E-state index in [1.165, 1.54) is 6.92 Å². The standard InChI is InChI=1S/C23H21N3O3.ClH/c1-12-19(22(28)16-8-3-2-7-15(16)21(12)27)20(25)23(29)17(24)10-13-11-26-18-9-5-4-6-14(13)18;/h2-9,11,17,20,26H,10,24-25H2,1H3;1H/t17-,20?;/m1./s1. The zero-order valence-corrected chi connectivity index (χ0v) is 17.2. The lowest BCUT2D eigenvalue weighted by atomic mass is 9.80. The van der Waals surface area contributed by atoms with Crippen LogP contribution in [0.15, 0.2) is 65.9 Å². The Morgan fingerprint density at radius 1 is 0.967 bits per heavy atom. The number of hydrogen-bond acceptors (Lipinski definition) is 5. The number of aromatic amines is 1. The second-order valence-electron chi connectivity index (χ2n) is 7.29. The van der Waals surface area contributed by atoms with Crippen LogP contribution in [0.4, 0.5) is 0 Å². The Bertz CT molecular complexity index is 1200. The van der Waals surface area contributed by atoms with E-state index in [0.29, 0.717) is 5.56 Å². The predicted octanol–water partition coefficient (Wildman–Crippen LogP) is 2.75. The molecule has 1 aromatic heterocycles. The number of nitrogens with one attached hydrogen (secondary N) is 1. The van der Waals surface area contributed by atoms with Crippen LogP contribution in [-0.2, 0) is 11.2 Å². The second-order valence-corrected chi connectivity index (χ2v) is 7.29. The second kappa shape index (κ2) is 8.36. The molecule has 0 saturated heterocycles. The Kier molecular flexibility index (Phi) is 6.03. The van der Waals surface area contributed by atoms with E-state index in [0.717, 1.165) is 16.5 Å². The minimum atomic E-state index is -1.25. The maximum absolute atomic E-state index is 13.0. The van der Waals surface area contributed by atoms with Crippen LogP contribution < -0.4 is 11.5 Å². The number of rotatable bonds is 5. The van der Waals surface area contributed by atoms with Gasteiger partial charge in [-0.25, -0.2) is 0 Å². The summed E-state index contributed by atoms with van der Waals surface area (Å²) in [5.41, 5.74) is 15.0. The van der Waals surface area contributed by atoms with Gasteiger partial charge in [-0.2, -0.15) is 0 Å². The minimum Gasteiger partial charge on any atom is -0.361 e. The summed E-state index contributed by atoms with van der Waals surface area (Å²) in [6.45, 7) is 1.53. The van der Waals surface area contributed by atoms with Crippen molar-refractivity contribution in [1.29, 1.82) is 0 Å². The third-order valence-electron chi connectivity index (χ3n) is 5.50. The first-order valence-corrected chi connectivity index (χ1v) is 9.39. The molecule has 6 nitrogen and oxygen atoms in total. The Hall–Kier alpha value is -3.06. The monoisotopic (exact) mass is 423 g/mol. The molecular weight excluding hydrogens is 402 g/mol. The summed E-state index contributed by atoms with van der Waals surface area (Å²) in [5.74, 6) is -1.15. The number of para-hydroxylation sites is 1. The van der Waals surface area contributed by atoms with Crippen molar-refractivity contribution < 1.29 is 14.4 Å². The van der Waals surface area contributed by atoms with Crippen molar-refractivity contribution in [2.45, 2.75) is 25.4 Å². The summed E-state index contributed by atoms with van der Waals surface area (Å²) in [7, 11) is 0. The molecule has 1 unspecified atom stereocenters. The van der Waals surface area contributed by atoms with Gasteiger partial charge in [0.15, 0.2) is 17.3 Å². The minimum absolute atomic E-state index is 0. The lowest BCUT2D eigenvalue weighted by Gasteiger charge is -2.24. The van der Waals surface area contributed by atoms with E-state index >= 15 is 0 Å². The topological polar surface area (TPSA) is 119 Å². The lowest BCUT2D eigenvalue weighted by molar-refractivity contribution is -0.120. The van der Waals surface area contributed by atoms with E-state index in [1.807, 2.05) is 30.5 Å². The quantitative estimate of drug-likeness (QED) is 0.583. The predicted molar refractivity (Wildman–Crippen MR) is 118 cm³/mol. The van der Waals surface area contributed by atoms with Gasteiger partial charge in [0.25, 0.3) is 0 Å². The third-order valence-corrected chi connectivity index (χ3v) is 5.50. The molecule has 30 heavy (non-hydrogen) atoms. The van der Waals surface area contributed by atoms with Gasteiger partial charge < -0.3 is 16.5 Å². The SMILES string of the molecule is CC1=C(C(N)C(=O)[C@H](N)Cc2c[nH]c3ccccc23)C(=O)c2ccccc2C1=O.Cl. The highest BCUT2D eigenvalue weighted by Gasteiger charge is 2.36. The average molecular weight is 424 g/mol.